The van der Waals surface area contributed by atoms with Gasteiger partial charge in [-0.2, -0.15) is 0 Å². The van der Waals surface area contributed by atoms with Crippen molar-refractivity contribution >= 4 is 0 Å². The molecule has 23 heavy (non-hydrogen) atoms. The number of halogens is 2. The molecule has 3 nitrogen and oxygen atoms in total. The molecule has 1 unspecified atom stereocenters. The van der Waals surface area contributed by atoms with E-state index in [-0.39, 0.29) is 11.6 Å². The largest absolute Gasteiger partial charge is 0.472 e. The molecule has 0 saturated heterocycles. The normalized spacial score (nSPS) is 13.0. The SMILES string of the molecule is CC(NCc1ccc(OC(C)(C)C)nc1)c1cccc(F)c1F. The molecule has 0 bridgehead atoms. The van der Waals surface area contributed by atoms with Gasteiger partial charge in [-0.15, -0.1) is 0 Å². The molecule has 2 aromatic rings. The van der Waals surface area contributed by atoms with E-state index in [1.54, 1.807) is 25.3 Å². The standard InChI is InChI=1S/C18H22F2N2O/c1-12(14-6-5-7-15(19)17(14)20)21-10-13-8-9-16(22-11-13)23-18(2,3)4/h5-9,11-12,21H,10H2,1-4H3. The lowest BCUT2D eigenvalue weighted by Gasteiger charge is -2.20. The van der Waals surface area contributed by atoms with Gasteiger partial charge in [-0.3, -0.25) is 0 Å². The number of ether oxygens (including phenoxy) is 1. The predicted octanol–water partition coefficient (Wildman–Crippen LogP) is 4.39. The first kappa shape index (κ1) is 17.3. The van der Waals surface area contributed by atoms with Gasteiger partial charge in [0.15, 0.2) is 11.6 Å². The van der Waals surface area contributed by atoms with Crippen LogP contribution in [-0.4, -0.2) is 10.6 Å². The molecule has 2 rings (SSSR count). The second-order valence-electron chi connectivity index (χ2n) is 6.46. The third-order valence-corrected chi connectivity index (χ3v) is 3.27. The van der Waals surface area contributed by atoms with Crippen LogP contribution in [-0.2, 0) is 6.54 Å². The van der Waals surface area contributed by atoms with Crippen molar-refractivity contribution < 1.29 is 13.5 Å². The summed E-state index contributed by atoms with van der Waals surface area (Å²) in [6, 6.07) is 7.59. The van der Waals surface area contributed by atoms with E-state index < -0.39 is 11.6 Å². The number of hydrogen-bond donors (Lipinski definition) is 1. The third-order valence-electron chi connectivity index (χ3n) is 3.27. The Bertz CT molecular complexity index is 651. The highest BCUT2D eigenvalue weighted by Gasteiger charge is 2.14. The van der Waals surface area contributed by atoms with Gasteiger partial charge in [-0.1, -0.05) is 18.2 Å². The maximum atomic E-state index is 13.7. The van der Waals surface area contributed by atoms with Gasteiger partial charge in [0.25, 0.3) is 0 Å². The van der Waals surface area contributed by atoms with Crippen molar-refractivity contribution in [1.82, 2.24) is 10.3 Å². The zero-order valence-electron chi connectivity index (χ0n) is 13.9. The van der Waals surface area contributed by atoms with Crippen LogP contribution in [0.25, 0.3) is 0 Å². The number of hydrogen-bond acceptors (Lipinski definition) is 3. The molecule has 1 aromatic carbocycles. The molecule has 0 aliphatic heterocycles. The molecular weight excluding hydrogens is 298 g/mol. The first-order valence-corrected chi connectivity index (χ1v) is 7.57. The number of rotatable bonds is 5. The van der Waals surface area contributed by atoms with E-state index in [0.29, 0.717) is 18.0 Å². The van der Waals surface area contributed by atoms with Crippen LogP contribution in [0.4, 0.5) is 8.78 Å². The van der Waals surface area contributed by atoms with E-state index in [2.05, 4.69) is 10.3 Å². The zero-order chi connectivity index (χ0) is 17.0. The molecular formula is C18H22F2N2O. The van der Waals surface area contributed by atoms with Crippen LogP contribution in [0.2, 0.25) is 0 Å². The monoisotopic (exact) mass is 320 g/mol. The Balaban J connectivity index is 1.96. The van der Waals surface area contributed by atoms with Crippen LogP contribution in [0, 0.1) is 11.6 Å². The van der Waals surface area contributed by atoms with Gasteiger partial charge in [-0.05, 0) is 39.3 Å². The molecule has 0 saturated carbocycles. The highest BCUT2D eigenvalue weighted by atomic mass is 19.2. The first-order chi connectivity index (χ1) is 10.8. The number of nitrogens with one attached hydrogen (secondary N) is 1. The highest BCUT2D eigenvalue weighted by molar-refractivity contribution is 5.23. The van der Waals surface area contributed by atoms with E-state index in [4.69, 9.17) is 4.74 Å². The van der Waals surface area contributed by atoms with Crippen LogP contribution in [0.15, 0.2) is 36.5 Å². The smallest absolute Gasteiger partial charge is 0.213 e. The fourth-order valence-corrected chi connectivity index (χ4v) is 2.13. The molecule has 1 atom stereocenters. The number of aromatic nitrogens is 1. The Kier molecular flexibility index (Phi) is 5.31. The second-order valence-corrected chi connectivity index (χ2v) is 6.46. The number of nitrogens with zero attached hydrogens (tertiary/aromatic N) is 1. The zero-order valence-corrected chi connectivity index (χ0v) is 13.9. The summed E-state index contributed by atoms with van der Waals surface area (Å²) in [6.07, 6.45) is 1.71. The van der Waals surface area contributed by atoms with Crippen molar-refractivity contribution in [2.75, 3.05) is 0 Å². The Morgan fingerprint density at radius 3 is 2.52 bits per heavy atom. The number of pyridine rings is 1. The van der Waals surface area contributed by atoms with Crippen LogP contribution >= 0.6 is 0 Å². The van der Waals surface area contributed by atoms with Gasteiger partial charge in [-0.25, -0.2) is 13.8 Å². The summed E-state index contributed by atoms with van der Waals surface area (Å²) in [6.45, 7) is 8.17. The lowest BCUT2D eigenvalue weighted by atomic mass is 10.1. The summed E-state index contributed by atoms with van der Waals surface area (Å²) in [7, 11) is 0. The summed E-state index contributed by atoms with van der Waals surface area (Å²) in [4.78, 5) is 4.25. The van der Waals surface area contributed by atoms with E-state index in [1.165, 1.54) is 6.07 Å². The average Bonchev–Trinajstić information content (AvgIpc) is 2.47. The van der Waals surface area contributed by atoms with Gasteiger partial charge in [0.2, 0.25) is 5.88 Å². The quantitative estimate of drug-likeness (QED) is 0.887. The summed E-state index contributed by atoms with van der Waals surface area (Å²) in [5.41, 5.74) is 0.955. The fraction of sp³-hybridized carbons (Fsp3) is 0.389. The van der Waals surface area contributed by atoms with Crippen LogP contribution in [0.5, 0.6) is 5.88 Å². The molecule has 0 aliphatic rings. The summed E-state index contributed by atoms with van der Waals surface area (Å²) >= 11 is 0. The van der Waals surface area contributed by atoms with Crippen molar-refractivity contribution in [1.29, 1.82) is 0 Å². The Morgan fingerprint density at radius 2 is 1.91 bits per heavy atom. The van der Waals surface area contributed by atoms with Crippen molar-refractivity contribution in [3.05, 3.63) is 59.3 Å². The Hall–Kier alpha value is -2.01. The maximum Gasteiger partial charge on any atom is 0.213 e. The highest BCUT2D eigenvalue weighted by Crippen LogP contribution is 2.20. The topological polar surface area (TPSA) is 34.1 Å². The lowest BCUT2D eigenvalue weighted by molar-refractivity contribution is 0.124. The van der Waals surface area contributed by atoms with E-state index in [9.17, 15) is 8.78 Å². The second kappa shape index (κ2) is 7.04. The third kappa shape index (κ3) is 4.99. The molecule has 1 aromatic heterocycles. The van der Waals surface area contributed by atoms with Gasteiger partial charge in [0.1, 0.15) is 5.60 Å². The molecule has 0 aliphatic carbocycles. The minimum Gasteiger partial charge on any atom is -0.472 e. The van der Waals surface area contributed by atoms with E-state index in [1.807, 2.05) is 26.8 Å². The first-order valence-electron chi connectivity index (χ1n) is 7.57. The summed E-state index contributed by atoms with van der Waals surface area (Å²) < 4.78 is 32.7. The maximum absolute atomic E-state index is 13.7. The summed E-state index contributed by atoms with van der Waals surface area (Å²) in [5, 5.41) is 3.16. The van der Waals surface area contributed by atoms with Crippen LogP contribution in [0.3, 0.4) is 0 Å². The van der Waals surface area contributed by atoms with Crippen LogP contribution in [0.1, 0.15) is 44.9 Å². The molecule has 124 valence electrons. The lowest BCUT2D eigenvalue weighted by Crippen LogP contribution is -2.23. The van der Waals surface area contributed by atoms with Crippen molar-refractivity contribution in [2.24, 2.45) is 0 Å². The molecule has 1 N–H and O–H groups in total. The summed E-state index contributed by atoms with van der Waals surface area (Å²) in [5.74, 6) is -1.08. The molecule has 0 spiro atoms. The molecule has 1 heterocycles. The Labute approximate surface area is 135 Å². The van der Waals surface area contributed by atoms with Gasteiger partial charge in [0.05, 0.1) is 0 Å². The molecule has 0 amide bonds. The van der Waals surface area contributed by atoms with E-state index in [0.717, 1.165) is 11.6 Å². The van der Waals surface area contributed by atoms with E-state index >= 15 is 0 Å². The van der Waals surface area contributed by atoms with Crippen LogP contribution < -0.4 is 10.1 Å². The number of benzene rings is 1. The van der Waals surface area contributed by atoms with Crippen molar-refractivity contribution in [2.45, 2.75) is 45.9 Å². The minimum atomic E-state index is -0.832. The average molecular weight is 320 g/mol. The van der Waals surface area contributed by atoms with Gasteiger partial charge >= 0.3 is 0 Å². The Morgan fingerprint density at radius 1 is 1.17 bits per heavy atom. The van der Waals surface area contributed by atoms with Crippen molar-refractivity contribution in [3.63, 3.8) is 0 Å². The molecule has 5 heteroatoms. The molecule has 0 radical (unpaired) electrons. The predicted molar refractivity (Wildman–Crippen MR) is 86.2 cm³/mol. The van der Waals surface area contributed by atoms with Crippen molar-refractivity contribution in [3.8, 4) is 5.88 Å². The van der Waals surface area contributed by atoms with Gasteiger partial charge in [0, 0.05) is 30.4 Å². The minimum absolute atomic E-state index is 0.295. The fourth-order valence-electron chi connectivity index (χ4n) is 2.13. The molecule has 0 fully saturated rings. The van der Waals surface area contributed by atoms with Gasteiger partial charge < -0.3 is 10.1 Å².